The van der Waals surface area contributed by atoms with Crippen molar-refractivity contribution in [3.8, 4) is 0 Å². The Hall–Kier alpha value is -3.28. The van der Waals surface area contributed by atoms with Crippen LogP contribution in [0.25, 0.3) is 0 Å². The molecule has 27 heavy (non-hydrogen) atoms. The van der Waals surface area contributed by atoms with Crippen LogP contribution >= 0.6 is 0 Å². The number of Topliss-reactive ketones (excluding diaryl/α,β-unsaturated/α-hetero) is 1. The van der Waals surface area contributed by atoms with Crippen molar-refractivity contribution in [3.63, 3.8) is 0 Å². The van der Waals surface area contributed by atoms with E-state index in [1.807, 2.05) is 12.1 Å². The van der Waals surface area contributed by atoms with Gasteiger partial charge in [0.25, 0.3) is 5.56 Å². The number of carbonyl (C=O) groups excluding carboxylic acids is 1. The highest BCUT2D eigenvalue weighted by molar-refractivity contribution is 5.94. The monoisotopic (exact) mass is 362 g/mol. The van der Waals surface area contributed by atoms with Gasteiger partial charge in [-0.1, -0.05) is 38.1 Å². The third-order valence-electron chi connectivity index (χ3n) is 4.34. The van der Waals surface area contributed by atoms with Crippen molar-refractivity contribution in [1.29, 1.82) is 0 Å². The summed E-state index contributed by atoms with van der Waals surface area (Å²) in [4.78, 5) is 26.3. The van der Waals surface area contributed by atoms with Crippen LogP contribution in [0.3, 0.4) is 0 Å². The zero-order valence-corrected chi connectivity index (χ0v) is 15.6. The van der Waals surface area contributed by atoms with Crippen molar-refractivity contribution in [2.75, 3.05) is 5.32 Å². The van der Waals surface area contributed by atoms with E-state index < -0.39 is 0 Å². The van der Waals surface area contributed by atoms with E-state index in [4.69, 9.17) is 0 Å². The van der Waals surface area contributed by atoms with Crippen LogP contribution in [0.2, 0.25) is 0 Å². The van der Waals surface area contributed by atoms with Gasteiger partial charge in [-0.25, -0.2) is 0 Å². The van der Waals surface area contributed by atoms with Crippen LogP contribution in [0.4, 0.5) is 11.6 Å². The Labute approximate surface area is 157 Å². The van der Waals surface area contributed by atoms with E-state index in [1.165, 1.54) is 12.5 Å². The van der Waals surface area contributed by atoms with Crippen LogP contribution in [0.15, 0.2) is 53.3 Å². The van der Waals surface area contributed by atoms with Crippen molar-refractivity contribution in [1.82, 2.24) is 15.2 Å². The summed E-state index contributed by atoms with van der Waals surface area (Å²) in [5.41, 5.74) is 3.69. The lowest BCUT2D eigenvalue weighted by atomic mass is 10.0. The first-order valence-corrected chi connectivity index (χ1v) is 8.85. The lowest BCUT2D eigenvalue weighted by Gasteiger charge is -2.07. The van der Waals surface area contributed by atoms with E-state index in [2.05, 4.69) is 46.5 Å². The highest BCUT2D eigenvalue weighted by atomic mass is 16.1. The molecule has 6 heteroatoms. The number of nitrogens with zero attached hydrogens (tertiary/aromatic N) is 2. The molecule has 3 aromatic rings. The first kappa shape index (κ1) is 18.5. The summed E-state index contributed by atoms with van der Waals surface area (Å²) in [5, 5.41) is 11.1. The van der Waals surface area contributed by atoms with Crippen molar-refractivity contribution in [2.45, 2.75) is 33.1 Å². The quantitative estimate of drug-likeness (QED) is 0.651. The fraction of sp³-hybridized carbons (Fsp3) is 0.238. The first-order chi connectivity index (χ1) is 12.9. The molecule has 0 amide bonds. The summed E-state index contributed by atoms with van der Waals surface area (Å²) in [6.45, 7) is 5.80. The van der Waals surface area contributed by atoms with Crippen molar-refractivity contribution >= 4 is 17.4 Å². The average Bonchev–Trinajstić information content (AvgIpc) is 2.65. The van der Waals surface area contributed by atoms with Crippen LogP contribution in [0.1, 0.15) is 53.9 Å². The summed E-state index contributed by atoms with van der Waals surface area (Å²) < 4.78 is 0. The number of carbonyl (C=O) groups is 1. The van der Waals surface area contributed by atoms with Crippen molar-refractivity contribution < 1.29 is 4.79 Å². The number of hydrogen-bond donors (Lipinski definition) is 2. The van der Waals surface area contributed by atoms with E-state index in [0.717, 1.165) is 5.56 Å². The Kier molecular flexibility index (Phi) is 5.45. The zero-order chi connectivity index (χ0) is 19.4. The molecule has 0 aliphatic heterocycles. The van der Waals surface area contributed by atoms with Crippen LogP contribution in [-0.2, 0) is 6.42 Å². The minimum absolute atomic E-state index is 0.000489. The maximum atomic E-state index is 12.3. The summed E-state index contributed by atoms with van der Waals surface area (Å²) in [6, 6.07) is 15.1. The third kappa shape index (κ3) is 4.67. The smallest absolute Gasteiger partial charge is 0.274 e. The van der Waals surface area contributed by atoms with Gasteiger partial charge in [-0.05, 0) is 48.2 Å². The van der Waals surface area contributed by atoms with Crippen LogP contribution in [0.5, 0.6) is 0 Å². The number of hydrogen-bond acceptors (Lipinski definition) is 5. The lowest BCUT2D eigenvalue weighted by Crippen LogP contribution is -2.18. The number of ketones is 1. The minimum atomic E-state index is -0.277. The van der Waals surface area contributed by atoms with E-state index in [1.54, 1.807) is 24.3 Å². The molecule has 3 rings (SSSR count). The van der Waals surface area contributed by atoms with Gasteiger partial charge in [-0.2, -0.15) is 0 Å². The normalized spacial score (nSPS) is 10.8. The third-order valence-corrected chi connectivity index (χ3v) is 4.34. The second kappa shape index (κ2) is 7.95. The van der Waals surface area contributed by atoms with E-state index >= 15 is 0 Å². The molecule has 0 aliphatic carbocycles. The predicted molar refractivity (Wildman–Crippen MR) is 106 cm³/mol. The summed E-state index contributed by atoms with van der Waals surface area (Å²) >= 11 is 0. The number of H-pyrrole nitrogens is 1. The average molecular weight is 362 g/mol. The van der Waals surface area contributed by atoms with Crippen LogP contribution in [-0.4, -0.2) is 21.0 Å². The van der Waals surface area contributed by atoms with E-state index in [-0.39, 0.29) is 17.3 Å². The largest absolute Gasteiger partial charge is 0.324 e. The summed E-state index contributed by atoms with van der Waals surface area (Å²) in [7, 11) is 0. The highest BCUT2D eigenvalue weighted by Crippen LogP contribution is 2.16. The molecule has 138 valence electrons. The molecule has 2 aromatic carbocycles. The second-order valence-electron chi connectivity index (χ2n) is 6.78. The molecule has 0 saturated carbocycles. The maximum Gasteiger partial charge on any atom is 0.274 e. The molecule has 0 atom stereocenters. The van der Waals surface area contributed by atoms with Gasteiger partial charge in [0.2, 0.25) is 5.95 Å². The molecule has 0 fully saturated rings. The second-order valence-corrected chi connectivity index (χ2v) is 6.78. The topological polar surface area (TPSA) is 87.7 Å². The van der Waals surface area contributed by atoms with Gasteiger partial charge in [0.05, 0.1) is 0 Å². The van der Waals surface area contributed by atoms with Crippen molar-refractivity contribution in [2.24, 2.45) is 0 Å². The molecule has 1 heterocycles. The van der Waals surface area contributed by atoms with Gasteiger partial charge in [-0.3, -0.25) is 14.6 Å². The van der Waals surface area contributed by atoms with Gasteiger partial charge in [0.15, 0.2) is 5.78 Å². The number of benzene rings is 2. The molecule has 0 radical (unpaired) electrons. The standard InChI is InChI=1S/C21H22N4O2/c1-13(2)16-6-4-15(5-7-16)12-19-20(27)23-21(25-24-19)22-18-10-8-17(9-11-18)14(3)26/h4-11,13H,12H2,1-3H3,(H2,22,23,25,27). The molecule has 0 bridgehead atoms. The van der Waals surface area contributed by atoms with Gasteiger partial charge < -0.3 is 5.32 Å². The van der Waals surface area contributed by atoms with Gasteiger partial charge in [-0.15, -0.1) is 10.2 Å². The Morgan fingerprint density at radius 2 is 1.70 bits per heavy atom. The van der Waals surface area contributed by atoms with E-state index in [9.17, 15) is 9.59 Å². The Bertz CT molecular complexity index is 990. The van der Waals surface area contributed by atoms with Crippen LogP contribution < -0.4 is 10.9 Å². The Balaban J connectivity index is 1.71. The number of nitrogens with one attached hydrogen (secondary N) is 2. The number of anilines is 2. The summed E-state index contributed by atoms with van der Waals surface area (Å²) in [6.07, 6.45) is 0.425. The molecule has 6 nitrogen and oxygen atoms in total. The van der Waals surface area contributed by atoms with Gasteiger partial charge in [0, 0.05) is 17.7 Å². The Morgan fingerprint density at radius 3 is 2.26 bits per heavy atom. The fourth-order valence-corrected chi connectivity index (χ4v) is 2.67. The predicted octanol–water partition coefficient (Wildman–Crippen LogP) is 3.83. The molecule has 1 aromatic heterocycles. The van der Waals surface area contributed by atoms with Gasteiger partial charge in [0.1, 0.15) is 5.69 Å². The molecule has 2 N–H and O–H groups in total. The Morgan fingerprint density at radius 1 is 1.04 bits per heavy atom. The van der Waals surface area contributed by atoms with Gasteiger partial charge >= 0.3 is 0 Å². The number of rotatable bonds is 6. The minimum Gasteiger partial charge on any atom is -0.324 e. The highest BCUT2D eigenvalue weighted by Gasteiger charge is 2.08. The molecule has 0 unspecified atom stereocenters. The number of aromatic nitrogens is 3. The molecule has 0 saturated heterocycles. The molecular weight excluding hydrogens is 340 g/mol. The zero-order valence-electron chi connectivity index (χ0n) is 15.6. The SMILES string of the molecule is CC(=O)c1ccc(Nc2nnc(Cc3ccc(C(C)C)cc3)c(=O)[nH]2)cc1. The fourth-order valence-electron chi connectivity index (χ4n) is 2.67. The molecule has 0 spiro atoms. The summed E-state index contributed by atoms with van der Waals surface area (Å²) in [5.74, 6) is 0.729. The van der Waals surface area contributed by atoms with E-state index in [0.29, 0.717) is 29.3 Å². The van der Waals surface area contributed by atoms with Crippen molar-refractivity contribution in [3.05, 3.63) is 81.3 Å². The number of aromatic amines is 1. The molecule has 0 aliphatic rings. The first-order valence-electron chi connectivity index (χ1n) is 8.85. The lowest BCUT2D eigenvalue weighted by molar-refractivity contribution is 0.101. The van der Waals surface area contributed by atoms with Crippen LogP contribution in [0, 0.1) is 0 Å². The molecular formula is C21H22N4O2. The maximum absolute atomic E-state index is 12.3.